The lowest BCUT2D eigenvalue weighted by Gasteiger charge is -2.32. The van der Waals surface area contributed by atoms with Crippen LogP contribution in [-0.2, 0) is 24.4 Å². The minimum atomic E-state index is -0.652. The first-order chi connectivity index (χ1) is 16.5. The summed E-state index contributed by atoms with van der Waals surface area (Å²) in [5.41, 5.74) is 4.55. The molecule has 1 fully saturated rings. The van der Waals surface area contributed by atoms with E-state index in [1.165, 1.54) is 16.7 Å². The van der Waals surface area contributed by atoms with Crippen LogP contribution in [0, 0.1) is 5.41 Å². The van der Waals surface area contributed by atoms with Crippen molar-refractivity contribution >= 4 is 11.9 Å². The molecule has 0 aliphatic carbocycles. The van der Waals surface area contributed by atoms with Gasteiger partial charge in [0.15, 0.2) is 0 Å². The van der Waals surface area contributed by atoms with E-state index in [9.17, 15) is 9.59 Å². The fourth-order valence-electron chi connectivity index (χ4n) is 4.54. The van der Waals surface area contributed by atoms with Crippen LogP contribution in [0.15, 0.2) is 36.4 Å². The van der Waals surface area contributed by atoms with E-state index in [0.717, 1.165) is 38.3 Å². The Labute approximate surface area is 209 Å². The minimum absolute atomic E-state index is 0.0963. The monoisotopic (exact) mass is 477 g/mol. The maximum absolute atomic E-state index is 13.7. The maximum atomic E-state index is 13.7. The van der Waals surface area contributed by atoms with E-state index >= 15 is 0 Å². The molecule has 0 radical (unpaired) electrons. The summed E-state index contributed by atoms with van der Waals surface area (Å²) < 4.78 is 5.72. The van der Waals surface area contributed by atoms with Crippen LogP contribution in [0.2, 0.25) is 0 Å². The smallest absolute Gasteiger partial charge is 0.316 e. The molecule has 6 heteroatoms. The summed E-state index contributed by atoms with van der Waals surface area (Å²) in [6.07, 6.45) is 0. The highest BCUT2D eigenvalue weighted by molar-refractivity contribution is 5.98. The fourth-order valence-corrected chi connectivity index (χ4v) is 4.54. The number of carbonyl (C=O) groups excluding carboxylic acids is 2. The second kappa shape index (κ2) is 10.1. The number of carbonyl (C=O) groups is 2. The molecule has 2 heterocycles. The van der Waals surface area contributed by atoms with Crippen molar-refractivity contribution in [2.24, 2.45) is 5.41 Å². The first-order valence-electron chi connectivity index (χ1n) is 12.7. The number of fused-ring (bicyclic) bond motifs is 1. The third-order valence-electron chi connectivity index (χ3n) is 7.00. The third kappa shape index (κ3) is 5.93. The molecule has 2 aromatic rings. The van der Waals surface area contributed by atoms with Crippen LogP contribution in [0.5, 0.6) is 5.75 Å². The van der Waals surface area contributed by atoms with Crippen LogP contribution in [-0.4, -0.2) is 59.8 Å². The molecule has 0 unspecified atom stereocenters. The van der Waals surface area contributed by atoms with E-state index in [4.69, 9.17) is 4.74 Å². The molecule has 1 saturated heterocycles. The molecule has 2 aliphatic heterocycles. The summed E-state index contributed by atoms with van der Waals surface area (Å²) >= 11 is 0. The number of likely N-dealkylation sites (N-methyl/N-ethyl adjacent to an activating group) is 1. The lowest BCUT2D eigenvalue weighted by molar-refractivity contribution is -0.143. The average Bonchev–Trinajstić information content (AvgIpc) is 3.23. The van der Waals surface area contributed by atoms with Gasteiger partial charge in [0.05, 0.1) is 11.0 Å². The van der Waals surface area contributed by atoms with E-state index in [1.807, 2.05) is 37.8 Å². The highest BCUT2D eigenvalue weighted by Gasteiger charge is 2.30. The standard InChI is InChI=1S/C29H39N3O3/c1-20(2)22-9-10-26(35-28(34)29(3,4)5)25(16-22)27(33)32-18-23-8-7-21(15-24(23)19-32)17-31-13-11-30(6)12-14-31/h7-10,15-16,20H,11-14,17-19H2,1-6H3. The molecular weight excluding hydrogens is 438 g/mol. The molecule has 0 spiro atoms. The summed E-state index contributed by atoms with van der Waals surface area (Å²) in [7, 11) is 2.17. The van der Waals surface area contributed by atoms with Crippen molar-refractivity contribution in [3.8, 4) is 5.75 Å². The number of benzene rings is 2. The Kier molecular flexibility index (Phi) is 7.34. The Bertz CT molecular complexity index is 1090. The van der Waals surface area contributed by atoms with Crippen molar-refractivity contribution in [1.29, 1.82) is 0 Å². The number of hydrogen-bond donors (Lipinski definition) is 0. The molecule has 0 aromatic heterocycles. The highest BCUT2D eigenvalue weighted by atomic mass is 16.5. The number of esters is 1. The predicted molar refractivity (Wildman–Crippen MR) is 138 cm³/mol. The van der Waals surface area contributed by atoms with E-state index in [1.54, 1.807) is 6.07 Å². The molecule has 4 rings (SSSR count). The van der Waals surface area contributed by atoms with Crippen LogP contribution in [0.4, 0.5) is 0 Å². The number of rotatable bonds is 5. The molecule has 0 atom stereocenters. The topological polar surface area (TPSA) is 53.1 Å². The Morgan fingerprint density at radius 3 is 2.29 bits per heavy atom. The zero-order valence-electron chi connectivity index (χ0n) is 22.1. The molecule has 188 valence electrons. The zero-order valence-corrected chi connectivity index (χ0v) is 22.1. The van der Waals surface area contributed by atoms with Gasteiger partial charge in [-0.2, -0.15) is 0 Å². The van der Waals surface area contributed by atoms with Crippen LogP contribution in [0.25, 0.3) is 0 Å². The van der Waals surface area contributed by atoms with Gasteiger partial charge in [-0.05, 0) is 68.1 Å². The second-order valence-electron chi connectivity index (χ2n) is 11.4. The van der Waals surface area contributed by atoms with Crippen molar-refractivity contribution in [2.75, 3.05) is 33.2 Å². The van der Waals surface area contributed by atoms with Gasteiger partial charge in [-0.3, -0.25) is 14.5 Å². The van der Waals surface area contributed by atoms with Gasteiger partial charge in [0, 0.05) is 45.8 Å². The SMILES string of the molecule is CC(C)c1ccc(OC(=O)C(C)(C)C)c(C(=O)N2Cc3ccc(CN4CCN(C)CC4)cc3C2)c1. The fraction of sp³-hybridized carbons (Fsp3) is 0.517. The van der Waals surface area contributed by atoms with Gasteiger partial charge in [-0.1, -0.05) is 38.1 Å². The first kappa shape index (κ1) is 25.4. The number of nitrogens with zero attached hydrogens (tertiary/aromatic N) is 3. The number of ether oxygens (including phenoxy) is 1. The summed E-state index contributed by atoms with van der Waals surface area (Å²) in [6.45, 7) is 16.1. The Morgan fingerprint density at radius 2 is 1.63 bits per heavy atom. The van der Waals surface area contributed by atoms with Crippen LogP contribution < -0.4 is 4.74 Å². The van der Waals surface area contributed by atoms with Gasteiger partial charge in [0.1, 0.15) is 5.75 Å². The van der Waals surface area contributed by atoms with Crippen molar-refractivity contribution in [1.82, 2.24) is 14.7 Å². The molecule has 6 nitrogen and oxygen atoms in total. The van der Waals surface area contributed by atoms with Crippen molar-refractivity contribution in [2.45, 2.75) is 60.2 Å². The Balaban J connectivity index is 1.52. The average molecular weight is 478 g/mol. The number of amides is 1. The van der Waals surface area contributed by atoms with Crippen LogP contribution in [0.3, 0.4) is 0 Å². The number of hydrogen-bond acceptors (Lipinski definition) is 5. The predicted octanol–water partition coefficient (Wildman–Crippen LogP) is 4.66. The lowest BCUT2D eigenvalue weighted by atomic mass is 9.97. The molecule has 2 aliphatic rings. The van der Waals surface area contributed by atoms with E-state index in [0.29, 0.717) is 24.4 Å². The summed E-state index contributed by atoms with van der Waals surface area (Å²) in [5, 5.41) is 0. The molecule has 2 aromatic carbocycles. The molecule has 0 bridgehead atoms. The molecule has 0 N–H and O–H groups in total. The van der Waals surface area contributed by atoms with Crippen LogP contribution >= 0.6 is 0 Å². The van der Waals surface area contributed by atoms with Crippen molar-refractivity contribution in [3.63, 3.8) is 0 Å². The van der Waals surface area contributed by atoms with Gasteiger partial charge in [0.2, 0.25) is 0 Å². The van der Waals surface area contributed by atoms with Gasteiger partial charge in [-0.15, -0.1) is 0 Å². The molecule has 0 saturated carbocycles. The van der Waals surface area contributed by atoms with Gasteiger partial charge in [-0.25, -0.2) is 0 Å². The quantitative estimate of drug-likeness (QED) is 0.463. The van der Waals surface area contributed by atoms with Gasteiger partial charge in [0.25, 0.3) is 5.91 Å². The van der Waals surface area contributed by atoms with Gasteiger partial charge >= 0.3 is 5.97 Å². The highest BCUT2D eigenvalue weighted by Crippen LogP contribution is 2.31. The second-order valence-corrected chi connectivity index (χ2v) is 11.4. The minimum Gasteiger partial charge on any atom is -0.425 e. The summed E-state index contributed by atoms with van der Waals surface area (Å²) in [5.74, 6) is 0.163. The van der Waals surface area contributed by atoms with E-state index in [-0.39, 0.29) is 17.8 Å². The third-order valence-corrected chi connectivity index (χ3v) is 7.00. The molecular formula is C29H39N3O3. The Hall–Kier alpha value is -2.70. The lowest BCUT2D eigenvalue weighted by Crippen LogP contribution is -2.43. The van der Waals surface area contributed by atoms with E-state index < -0.39 is 5.41 Å². The summed E-state index contributed by atoms with van der Waals surface area (Å²) in [4.78, 5) is 33.0. The normalized spacial score (nSPS) is 17.1. The van der Waals surface area contributed by atoms with E-state index in [2.05, 4.69) is 48.9 Å². The summed E-state index contributed by atoms with van der Waals surface area (Å²) in [6, 6.07) is 12.2. The first-order valence-corrected chi connectivity index (χ1v) is 12.7. The molecule has 1 amide bonds. The number of piperazine rings is 1. The van der Waals surface area contributed by atoms with Crippen LogP contribution in [0.1, 0.15) is 73.1 Å². The zero-order chi connectivity index (χ0) is 25.3. The molecule has 35 heavy (non-hydrogen) atoms. The van der Waals surface area contributed by atoms with Gasteiger partial charge < -0.3 is 14.5 Å². The largest absolute Gasteiger partial charge is 0.425 e. The maximum Gasteiger partial charge on any atom is 0.316 e. The van der Waals surface area contributed by atoms with Crippen molar-refractivity contribution < 1.29 is 14.3 Å². The Morgan fingerprint density at radius 1 is 0.943 bits per heavy atom. The van der Waals surface area contributed by atoms with Crippen molar-refractivity contribution in [3.05, 3.63) is 64.2 Å².